The molecule has 0 aliphatic rings. The molecule has 0 spiro atoms. The number of carbonyl (C=O) groups excluding carboxylic acids is 3. The predicted molar refractivity (Wildman–Crippen MR) is 100 cm³/mol. The molecule has 2 aromatic rings. The number of carbonyl (C=O) groups is 3. The summed E-state index contributed by atoms with van der Waals surface area (Å²) in [7, 11) is 0. The summed E-state index contributed by atoms with van der Waals surface area (Å²) < 4.78 is 11.8. The largest absolute Gasteiger partial charge is 0.466 e. The summed E-state index contributed by atoms with van der Waals surface area (Å²) in [6.45, 7) is 7.73. The minimum absolute atomic E-state index is 0.213. The number of rotatable bonds is 8. The van der Waals surface area contributed by atoms with E-state index in [4.69, 9.17) is 9.47 Å². The van der Waals surface area contributed by atoms with Crippen molar-refractivity contribution in [1.82, 2.24) is 4.40 Å². The molecule has 6 nitrogen and oxygen atoms in total. The van der Waals surface area contributed by atoms with Gasteiger partial charge in [0.2, 0.25) is 0 Å². The molecule has 0 fully saturated rings. The molecule has 2 aromatic heterocycles. The summed E-state index contributed by atoms with van der Waals surface area (Å²) >= 11 is 1.39. The van der Waals surface area contributed by atoms with Crippen LogP contribution < -0.4 is 0 Å². The second-order valence-electron chi connectivity index (χ2n) is 5.57. The van der Waals surface area contributed by atoms with Crippen molar-refractivity contribution in [3.05, 3.63) is 35.2 Å². The lowest BCUT2D eigenvalue weighted by Crippen LogP contribution is -2.14. The maximum Gasteiger partial charge on any atom is 0.341 e. The molecule has 0 atom stereocenters. The molecule has 0 saturated carbocycles. The lowest BCUT2D eigenvalue weighted by Gasteiger charge is -2.06. The van der Waals surface area contributed by atoms with Crippen LogP contribution in [0.3, 0.4) is 0 Å². The normalized spacial score (nSPS) is 10.8. The van der Waals surface area contributed by atoms with Gasteiger partial charge >= 0.3 is 11.9 Å². The highest BCUT2D eigenvalue weighted by atomic mass is 32.2. The van der Waals surface area contributed by atoms with Crippen LogP contribution in [0.4, 0.5) is 0 Å². The van der Waals surface area contributed by atoms with E-state index in [1.54, 1.807) is 24.4 Å². The van der Waals surface area contributed by atoms with Crippen LogP contribution in [0.1, 0.15) is 53.6 Å². The lowest BCUT2D eigenvalue weighted by molar-refractivity contribution is -0.141. The molecule has 0 radical (unpaired) electrons. The lowest BCUT2D eigenvalue weighted by atomic mass is 10.2. The van der Waals surface area contributed by atoms with Gasteiger partial charge in [0, 0.05) is 6.20 Å². The molecule has 0 aliphatic carbocycles. The number of Topliss-reactive ketones (excluding diaryl/α,β-unsaturated/α-hetero) is 1. The number of pyridine rings is 1. The Balaban J connectivity index is 2.67. The van der Waals surface area contributed by atoms with Gasteiger partial charge in [0.15, 0.2) is 5.78 Å². The summed E-state index contributed by atoms with van der Waals surface area (Å²) in [5.41, 5.74) is 2.25. The highest BCUT2D eigenvalue weighted by Gasteiger charge is 2.29. The molecule has 2 rings (SSSR count). The van der Waals surface area contributed by atoms with E-state index in [9.17, 15) is 14.4 Å². The van der Waals surface area contributed by atoms with Gasteiger partial charge in [0.05, 0.1) is 29.2 Å². The third kappa shape index (κ3) is 4.09. The number of hydrogen-bond acceptors (Lipinski definition) is 6. The van der Waals surface area contributed by atoms with Crippen LogP contribution >= 0.6 is 11.8 Å². The first kappa shape index (κ1) is 20.0. The zero-order chi connectivity index (χ0) is 19.3. The van der Waals surface area contributed by atoms with Crippen molar-refractivity contribution in [3.8, 4) is 0 Å². The van der Waals surface area contributed by atoms with Gasteiger partial charge in [-0.3, -0.25) is 9.59 Å². The number of fused-ring (bicyclic) bond motifs is 1. The smallest absolute Gasteiger partial charge is 0.341 e. The van der Waals surface area contributed by atoms with Crippen LogP contribution in [0.2, 0.25) is 0 Å². The molecule has 0 aliphatic heterocycles. The van der Waals surface area contributed by atoms with E-state index in [1.165, 1.54) is 11.8 Å². The Hall–Kier alpha value is -2.28. The van der Waals surface area contributed by atoms with Crippen molar-refractivity contribution < 1.29 is 23.9 Å². The average Bonchev–Trinajstić information content (AvgIpc) is 2.88. The Morgan fingerprint density at radius 3 is 2.42 bits per heavy atom. The van der Waals surface area contributed by atoms with Gasteiger partial charge in [-0.15, -0.1) is 11.8 Å². The zero-order valence-electron chi connectivity index (χ0n) is 15.5. The van der Waals surface area contributed by atoms with Crippen molar-refractivity contribution in [1.29, 1.82) is 0 Å². The second kappa shape index (κ2) is 8.89. The number of aromatic nitrogens is 1. The number of aryl methyl sites for hydroxylation is 1. The van der Waals surface area contributed by atoms with Gasteiger partial charge in [0.25, 0.3) is 0 Å². The highest BCUT2D eigenvalue weighted by molar-refractivity contribution is 7.99. The Bertz CT molecular complexity index is 840. The fraction of sp³-hybridized carbons (Fsp3) is 0.421. The SMILES string of the molecule is CCOC(=O)CC(=O)c1c(SCC)c(C(=O)OCC)c2cc(C)ccn12. The van der Waals surface area contributed by atoms with Crippen molar-refractivity contribution in [2.75, 3.05) is 19.0 Å². The van der Waals surface area contributed by atoms with Gasteiger partial charge < -0.3 is 13.9 Å². The monoisotopic (exact) mass is 377 g/mol. The van der Waals surface area contributed by atoms with E-state index in [2.05, 4.69) is 0 Å². The van der Waals surface area contributed by atoms with Crippen LogP contribution in [0.25, 0.3) is 5.52 Å². The molecule has 0 unspecified atom stereocenters. The van der Waals surface area contributed by atoms with Gasteiger partial charge in [-0.25, -0.2) is 4.79 Å². The fourth-order valence-corrected chi connectivity index (χ4v) is 3.68. The first-order chi connectivity index (χ1) is 12.4. The second-order valence-corrected chi connectivity index (χ2v) is 6.84. The molecule has 7 heteroatoms. The quantitative estimate of drug-likeness (QED) is 0.302. The summed E-state index contributed by atoms with van der Waals surface area (Å²) in [5, 5.41) is 0. The maximum atomic E-state index is 12.8. The first-order valence-electron chi connectivity index (χ1n) is 8.57. The molecule has 0 amide bonds. The molecule has 0 aromatic carbocycles. The van der Waals surface area contributed by atoms with Crippen molar-refractivity contribution in [2.24, 2.45) is 0 Å². The van der Waals surface area contributed by atoms with Crippen LogP contribution in [0.15, 0.2) is 23.2 Å². The molecule has 0 saturated heterocycles. The van der Waals surface area contributed by atoms with Gasteiger partial charge in [-0.2, -0.15) is 0 Å². The number of thioether (sulfide) groups is 1. The number of ether oxygens (including phenoxy) is 2. The summed E-state index contributed by atoms with van der Waals surface area (Å²) in [5.74, 6) is -0.762. The van der Waals surface area contributed by atoms with E-state index in [0.717, 1.165) is 5.56 Å². The average molecular weight is 377 g/mol. The highest BCUT2D eigenvalue weighted by Crippen LogP contribution is 2.34. The molecule has 2 heterocycles. The van der Waals surface area contributed by atoms with E-state index >= 15 is 0 Å². The van der Waals surface area contributed by atoms with Crippen molar-refractivity contribution in [2.45, 2.75) is 39.0 Å². The zero-order valence-corrected chi connectivity index (χ0v) is 16.3. The third-order valence-electron chi connectivity index (χ3n) is 3.69. The minimum atomic E-state index is -0.579. The molecular formula is C19H23NO5S. The van der Waals surface area contributed by atoms with Crippen molar-refractivity contribution >= 4 is 35.0 Å². The van der Waals surface area contributed by atoms with Crippen LogP contribution in [-0.4, -0.2) is 41.1 Å². The molecule has 0 N–H and O–H groups in total. The predicted octanol–water partition coefficient (Wildman–Crippen LogP) is 3.67. The fourth-order valence-electron chi connectivity index (χ4n) is 2.71. The molecular weight excluding hydrogens is 354 g/mol. The molecule has 26 heavy (non-hydrogen) atoms. The van der Waals surface area contributed by atoms with E-state index in [0.29, 0.717) is 27.4 Å². The third-order valence-corrected chi connectivity index (χ3v) is 4.67. The summed E-state index contributed by atoms with van der Waals surface area (Å²) in [4.78, 5) is 37.7. The van der Waals surface area contributed by atoms with Gasteiger partial charge in [-0.05, 0) is 44.2 Å². The molecule has 0 bridgehead atoms. The Kier molecular flexibility index (Phi) is 6.85. The Labute approximate surface area is 156 Å². The Morgan fingerprint density at radius 2 is 1.81 bits per heavy atom. The number of hydrogen-bond donors (Lipinski definition) is 0. The molecule has 140 valence electrons. The maximum absolute atomic E-state index is 12.8. The van der Waals surface area contributed by atoms with Gasteiger partial charge in [-0.1, -0.05) is 6.92 Å². The van der Waals surface area contributed by atoms with Crippen molar-refractivity contribution in [3.63, 3.8) is 0 Å². The van der Waals surface area contributed by atoms with Crippen LogP contribution in [0.5, 0.6) is 0 Å². The number of nitrogens with zero attached hydrogens (tertiary/aromatic N) is 1. The van der Waals surface area contributed by atoms with Crippen LogP contribution in [-0.2, 0) is 14.3 Å². The number of ketones is 1. The standard InChI is InChI=1S/C19H23NO5S/c1-5-24-15(22)11-14(21)17-18(26-7-3)16(19(23)25-6-2)13-10-12(4)8-9-20(13)17/h8-10H,5-7,11H2,1-4H3. The van der Waals surface area contributed by atoms with Crippen LogP contribution in [0, 0.1) is 6.92 Å². The van der Waals surface area contributed by atoms with E-state index in [1.807, 2.05) is 26.0 Å². The van der Waals surface area contributed by atoms with Gasteiger partial charge in [0.1, 0.15) is 12.1 Å². The first-order valence-corrected chi connectivity index (χ1v) is 9.56. The summed E-state index contributed by atoms with van der Waals surface area (Å²) in [6, 6.07) is 3.69. The Morgan fingerprint density at radius 1 is 1.12 bits per heavy atom. The minimum Gasteiger partial charge on any atom is -0.466 e. The topological polar surface area (TPSA) is 74.1 Å². The van der Waals surface area contributed by atoms with E-state index in [-0.39, 0.29) is 25.4 Å². The number of esters is 2. The van der Waals surface area contributed by atoms with E-state index < -0.39 is 11.9 Å². The summed E-state index contributed by atoms with van der Waals surface area (Å²) in [6.07, 6.45) is 1.37.